The monoisotopic (exact) mass is 235 g/mol. The van der Waals surface area contributed by atoms with Crippen molar-refractivity contribution in [3.8, 4) is 0 Å². The Hall–Kier alpha value is -1.62. The van der Waals surface area contributed by atoms with Crippen molar-refractivity contribution in [2.75, 3.05) is 0 Å². The highest BCUT2D eigenvalue weighted by Crippen LogP contribution is 2.02. The van der Waals surface area contributed by atoms with Gasteiger partial charge in [0.1, 0.15) is 5.52 Å². The Labute approximate surface area is 99.3 Å². The zero-order valence-corrected chi connectivity index (χ0v) is 10.1. The lowest BCUT2D eigenvalue weighted by atomic mass is 10.2. The molecular formula is C12H17N3O2. The van der Waals surface area contributed by atoms with Gasteiger partial charge in [-0.05, 0) is 19.4 Å². The summed E-state index contributed by atoms with van der Waals surface area (Å²) in [7, 11) is 0. The largest absolute Gasteiger partial charge is 0.391 e. The van der Waals surface area contributed by atoms with E-state index in [1.807, 2.05) is 13.8 Å². The average molecular weight is 235 g/mol. The first-order valence-electron chi connectivity index (χ1n) is 5.85. The second kappa shape index (κ2) is 4.71. The van der Waals surface area contributed by atoms with Crippen molar-refractivity contribution in [1.82, 2.24) is 14.2 Å². The van der Waals surface area contributed by atoms with Crippen molar-refractivity contribution in [2.45, 2.75) is 39.3 Å². The summed E-state index contributed by atoms with van der Waals surface area (Å²) < 4.78 is 3.11. The standard InChI is InChI=1S/C12H17N3O2/c1-3-4-10(16)8-14-5-6-15-11(12(14)17)7-9(2)13-15/h5-7,10,16H,3-4,8H2,1-2H3. The van der Waals surface area contributed by atoms with E-state index in [0.717, 1.165) is 12.1 Å². The van der Waals surface area contributed by atoms with Crippen LogP contribution in [0.1, 0.15) is 25.5 Å². The third-order valence-corrected chi connectivity index (χ3v) is 2.76. The highest BCUT2D eigenvalue weighted by atomic mass is 16.3. The van der Waals surface area contributed by atoms with Gasteiger partial charge in [-0.2, -0.15) is 5.10 Å². The summed E-state index contributed by atoms with van der Waals surface area (Å²) in [6.07, 6.45) is 4.55. The zero-order valence-electron chi connectivity index (χ0n) is 10.1. The average Bonchev–Trinajstić information content (AvgIpc) is 2.64. The van der Waals surface area contributed by atoms with Crippen LogP contribution in [0.3, 0.4) is 0 Å². The highest BCUT2D eigenvalue weighted by Gasteiger charge is 2.08. The van der Waals surface area contributed by atoms with Crippen LogP contribution >= 0.6 is 0 Å². The molecule has 92 valence electrons. The van der Waals surface area contributed by atoms with Crippen LogP contribution in [0.5, 0.6) is 0 Å². The second-order valence-electron chi connectivity index (χ2n) is 4.31. The third kappa shape index (κ3) is 2.39. The van der Waals surface area contributed by atoms with Crippen LogP contribution in [0.25, 0.3) is 5.52 Å². The molecule has 2 aromatic rings. The zero-order chi connectivity index (χ0) is 12.4. The quantitative estimate of drug-likeness (QED) is 0.858. The first kappa shape index (κ1) is 11.9. The van der Waals surface area contributed by atoms with E-state index in [-0.39, 0.29) is 5.56 Å². The number of aryl methyl sites for hydroxylation is 1. The normalized spacial score (nSPS) is 13.1. The summed E-state index contributed by atoms with van der Waals surface area (Å²) in [6.45, 7) is 4.20. The Morgan fingerprint density at radius 3 is 2.94 bits per heavy atom. The van der Waals surface area contributed by atoms with Crippen molar-refractivity contribution < 1.29 is 5.11 Å². The van der Waals surface area contributed by atoms with Crippen molar-refractivity contribution in [2.24, 2.45) is 0 Å². The molecule has 0 bridgehead atoms. The topological polar surface area (TPSA) is 59.5 Å². The van der Waals surface area contributed by atoms with E-state index in [2.05, 4.69) is 5.10 Å². The number of aliphatic hydroxyl groups excluding tert-OH is 1. The predicted molar refractivity (Wildman–Crippen MR) is 65.1 cm³/mol. The molecule has 0 amide bonds. The summed E-state index contributed by atoms with van der Waals surface area (Å²) in [5, 5.41) is 13.9. The molecule has 0 saturated heterocycles. The number of nitrogens with zero attached hydrogens (tertiary/aromatic N) is 3. The van der Waals surface area contributed by atoms with E-state index in [1.165, 1.54) is 4.57 Å². The fourth-order valence-electron chi connectivity index (χ4n) is 1.94. The first-order chi connectivity index (χ1) is 8.11. The lowest BCUT2D eigenvalue weighted by molar-refractivity contribution is 0.142. The van der Waals surface area contributed by atoms with E-state index in [0.29, 0.717) is 18.5 Å². The molecular weight excluding hydrogens is 218 g/mol. The van der Waals surface area contributed by atoms with Gasteiger partial charge in [0.15, 0.2) is 0 Å². The third-order valence-electron chi connectivity index (χ3n) is 2.76. The molecule has 1 atom stereocenters. The maximum Gasteiger partial charge on any atom is 0.276 e. The molecule has 2 aromatic heterocycles. The SMILES string of the molecule is CCCC(O)Cn1ccn2nc(C)cc2c1=O. The van der Waals surface area contributed by atoms with Crippen molar-refractivity contribution in [3.05, 3.63) is 34.5 Å². The van der Waals surface area contributed by atoms with Crippen LogP contribution in [0.2, 0.25) is 0 Å². The molecule has 5 nitrogen and oxygen atoms in total. The minimum Gasteiger partial charge on any atom is -0.391 e. The molecule has 0 spiro atoms. The highest BCUT2D eigenvalue weighted by molar-refractivity contribution is 5.44. The first-order valence-corrected chi connectivity index (χ1v) is 5.85. The van der Waals surface area contributed by atoms with Gasteiger partial charge in [-0.25, -0.2) is 4.52 Å². The maximum atomic E-state index is 12.1. The Balaban J connectivity index is 2.35. The number of aromatic nitrogens is 3. The van der Waals surface area contributed by atoms with E-state index in [4.69, 9.17) is 0 Å². The van der Waals surface area contributed by atoms with E-state index in [1.54, 1.807) is 23.0 Å². The molecule has 0 aromatic carbocycles. The Bertz CT molecular complexity index is 571. The maximum absolute atomic E-state index is 12.1. The summed E-state index contributed by atoms with van der Waals surface area (Å²) in [5.74, 6) is 0. The molecule has 0 aliphatic carbocycles. The van der Waals surface area contributed by atoms with Crippen LogP contribution in [-0.4, -0.2) is 25.4 Å². The molecule has 1 unspecified atom stereocenters. The van der Waals surface area contributed by atoms with Gasteiger partial charge in [0, 0.05) is 12.4 Å². The molecule has 0 aliphatic heterocycles. The van der Waals surface area contributed by atoms with Gasteiger partial charge in [-0.3, -0.25) is 4.79 Å². The molecule has 0 saturated carbocycles. The van der Waals surface area contributed by atoms with Gasteiger partial charge in [0.2, 0.25) is 0 Å². The van der Waals surface area contributed by atoms with Gasteiger partial charge in [-0.1, -0.05) is 13.3 Å². The fourth-order valence-corrected chi connectivity index (χ4v) is 1.94. The predicted octanol–water partition coefficient (Wildman–Crippen LogP) is 0.965. The molecule has 5 heteroatoms. The van der Waals surface area contributed by atoms with Crippen LogP contribution in [0, 0.1) is 6.92 Å². The van der Waals surface area contributed by atoms with Crippen molar-refractivity contribution >= 4 is 5.52 Å². The fraction of sp³-hybridized carbons (Fsp3) is 0.500. The van der Waals surface area contributed by atoms with E-state index < -0.39 is 6.10 Å². The van der Waals surface area contributed by atoms with Crippen molar-refractivity contribution in [1.29, 1.82) is 0 Å². The molecule has 0 aliphatic rings. The number of hydrogen-bond donors (Lipinski definition) is 1. The van der Waals surface area contributed by atoms with Gasteiger partial charge in [-0.15, -0.1) is 0 Å². The second-order valence-corrected chi connectivity index (χ2v) is 4.31. The van der Waals surface area contributed by atoms with Crippen LogP contribution < -0.4 is 5.56 Å². The smallest absolute Gasteiger partial charge is 0.276 e. The summed E-state index contributed by atoms with van der Waals surface area (Å²) in [6, 6.07) is 1.75. The molecule has 2 heterocycles. The Morgan fingerprint density at radius 2 is 2.24 bits per heavy atom. The van der Waals surface area contributed by atoms with Gasteiger partial charge >= 0.3 is 0 Å². The minimum atomic E-state index is -0.468. The van der Waals surface area contributed by atoms with Crippen LogP contribution in [-0.2, 0) is 6.54 Å². The Kier molecular flexibility index (Phi) is 3.28. The molecule has 0 fully saturated rings. The number of rotatable bonds is 4. The molecule has 1 N–H and O–H groups in total. The van der Waals surface area contributed by atoms with Crippen molar-refractivity contribution in [3.63, 3.8) is 0 Å². The van der Waals surface area contributed by atoms with Gasteiger partial charge < -0.3 is 9.67 Å². The van der Waals surface area contributed by atoms with Gasteiger partial charge in [0.05, 0.1) is 18.3 Å². The van der Waals surface area contributed by atoms with Gasteiger partial charge in [0.25, 0.3) is 5.56 Å². The molecule has 2 rings (SSSR count). The number of fused-ring (bicyclic) bond motifs is 1. The number of aliphatic hydroxyl groups is 1. The summed E-state index contributed by atoms with van der Waals surface area (Å²) >= 11 is 0. The molecule has 0 radical (unpaired) electrons. The molecule has 17 heavy (non-hydrogen) atoms. The van der Waals surface area contributed by atoms with Crippen LogP contribution in [0.15, 0.2) is 23.3 Å². The summed E-state index contributed by atoms with van der Waals surface area (Å²) in [5.41, 5.74) is 1.26. The lowest BCUT2D eigenvalue weighted by Crippen LogP contribution is -2.27. The summed E-state index contributed by atoms with van der Waals surface area (Å²) in [4.78, 5) is 12.1. The van der Waals surface area contributed by atoms with E-state index >= 15 is 0 Å². The number of hydrogen-bond acceptors (Lipinski definition) is 3. The van der Waals surface area contributed by atoms with Crippen LogP contribution in [0.4, 0.5) is 0 Å². The lowest BCUT2D eigenvalue weighted by Gasteiger charge is -2.11. The Morgan fingerprint density at radius 1 is 1.47 bits per heavy atom. The van der Waals surface area contributed by atoms with E-state index in [9.17, 15) is 9.90 Å². The minimum absolute atomic E-state index is 0.108.